The molecule has 2 heterocycles. The van der Waals surface area contributed by atoms with Crippen LogP contribution >= 0.6 is 23.4 Å². The number of hydrazone groups is 1. The zero-order valence-corrected chi connectivity index (χ0v) is 19.5. The molecular formula is C22H19ClN8O2S. The number of hydrogen-bond donors (Lipinski definition) is 2. The van der Waals surface area contributed by atoms with Crippen LogP contribution in [0, 0.1) is 0 Å². The fraction of sp³-hybridized carbons (Fsp3) is 0.0909. The molecule has 3 N–H and O–H groups in total. The highest BCUT2D eigenvalue weighted by molar-refractivity contribution is 7.98. The Bertz CT molecular complexity index is 1330. The Morgan fingerprint density at radius 3 is 2.68 bits per heavy atom. The number of nitrogen functional groups attached to an aromatic ring is 1. The number of nitrogens with zero attached hydrogens (tertiary/aromatic N) is 6. The van der Waals surface area contributed by atoms with Crippen LogP contribution in [0.15, 0.2) is 74.8 Å². The molecule has 0 fully saturated rings. The lowest BCUT2D eigenvalue weighted by molar-refractivity contribution is 0.0949. The Morgan fingerprint density at radius 1 is 1.21 bits per heavy atom. The molecule has 2 aromatic carbocycles. The summed E-state index contributed by atoms with van der Waals surface area (Å²) in [7, 11) is 0. The number of thioether (sulfide) groups is 1. The molecule has 1 amide bonds. The molecule has 0 saturated heterocycles. The number of carbonyl (C=O) groups is 1. The van der Waals surface area contributed by atoms with Gasteiger partial charge in [0, 0.05) is 15.7 Å². The second kappa shape index (κ2) is 10.8. The third kappa shape index (κ3) is 5.69. The van der Waals surface area contributed by atoms with Crippen molar-refractivity contribution in [2.75, 3.05) is 5.73 Å². The normalized spacial score (nSPS) is 11.8. The molecule has 0 aliphatic carbocycles. The molecule has 34 heavy (non-hydrogen) atoms. The van der Waals surface area contributed by atoms with Crippen molar-refractivity contribution in [1.82, 2.24) is 30.7 Å². The largest absolute Gasteiger partial charge is 0.378 e. The molecule has 0 radical (unpaired) electrons. The lowest BCUT2D eigenvalue weighted by Crippen LogP contribution is -2.20. The summed E-state index contributed by atoms with van der Waals surface area (Å²) in [6, 6.07) is 17.1. The van der Waals surface area contributed by atoms with E-state index in [0.717, 1.165) is 16.0 Å². The minimum absolute atomic E-state index is 0.0225. The zero-order chi connectivity index (χ0) is 23.9. The SMILES string of the molecule is CC(/C=N\NC(=O)c1nnn(-c2nonc2N)c1CSc1ccc(Cl)cc1)=C\c1ccccc1. The molecule has 4 rings (SSSR count). The van der Waals surface area contributed by atoms with E-state index in [9.17, 15) is 4.79 Å². The average Bonchev–Trinajstić information content (AvgIpc) is 3.45. The average molecular weight is 495 g/mol. The number of aromatic nitrogens is 5. The molecule has 0 aliphatic rings. The fourth-order valence-electron chi connectivity index (χ4n) is 2.89. The van der Waals surface area contributed by atoms with Crippen molar-refractivity contribution in [3.63, 3.8) is 0 Å². The summed E-state index contributed by atoms with van der Waals surface area (Å²) in [6.07, 6.45) is 3.50. The van der Waals surface area contributed by atoms with E-state index in [4.69, 9.17) is 17.3 Å². The molecule has 12 heteroatoms. The van der Waals surface area contributed by atoms with Gasteiger partial charge >= 0.3 is 0 Å². The summed E-state index contributed by atoms with van der Waals surface area (Å²) in [5, 5.41) is 20.1. The number of halogens is 1. The van der Waals surface area contributed by atoms with Crippen LogP contribution in [-0.2, 0) is 5.75 Å². The second-order valence-corrected chi connectivity index (χ2v) is 8.50. The first-order valence-electron chi connectivity index (χ1n) is 9.99. The van der Waals surface area contributed by atoms with Crippen LogP contribution in [0.25, 0.3) is 11.9 Å². The van der Waals surface area contributed by atoms with Crippen LogP contribution in [0.1, 0.15) is 28.7 Å². The smallest absolute Gasteiger partial charge is 0.293 e. The molecular weight excluding hydrogens is 476 g/mol. The highest BCUT2D eigenvalue weighted by atomic mass is 35.5. The Kier molecular flexibility index (Phi) is 7.35. The first-order valence-corrected chi connectivity index (χ1v) is 11.4. The number of carbonyl (C=O) groups excluding carboxylic acids is 1. The molecule has 172 valence electrons. The molecule has 0 spiro atoms. The summed E-state index contributed by atoms with van der Waals surface area (Å²) in [5.41, 5.74) is 10.7. The predicted octanol–water partition coefficient (Wildman–Crippen LogP) is 4.00. The first-order chi connectivity index (χ1) is 16.5. The zero-order valence-electron chi connectivity index (χ0n) is 17.9. The van der Waals surface area contributed by atoms with E-state index in [1.807, 2.05) is 55.5 Å². The third-order valence-electron chi connectivity index (χ3n) is 4.49. The first kappa shape index (κ1) is 23.2. The lowest BCUT2D eigenvalue weighted by atomic mass is 10.1. The fourth-order valence-corrected chi connectivity index (χ4v) is 3.91. The minimum Gasteiger partial charge on any atom is -0.378 e. The van der Waals surface area contributed by atoms with Crippen molar-refractivity contribution in [1.29, 1.82) is 0 Å². The molecule has 0 saturated carbocycles. The van der Waals surface area contributed by atoms with Gasteiger partial charge in [-0.25, -0.2) is 10.1 Å². The highest BCUT2D eigenvalue weighted by Crippen LogP contribution is 2.27. The number of allylic oxidation sites excluding steroid dienone is 1. The van der Waals surface area contributed by atoms with Gasteiger partial charge in [0.25, 0.3) is 5.91 Å². The van der Waals surface area contributed by atoms with Crippen molar-refractivity contribution in [2.24, 2.45) is 5.10 Å². The van der Waals surface area contributed by atoms with Crippen LogP contribution in [0.5, 0.6) is 0 Å². The third-order valence-corrected chi connectivity index (χ3v) is 5.77. The van der Waals surface area contributed by atoms with Gasteiger partial charge in [0.05, 0.1) is 11.9 Å². The summed E-state index contributed by atoms with van der Waals surface area (Å²) in [4.78, 5) is 13.8. The van der Waals surface area contributed by atoms with Crippen LogP contribution in [0.4, 0.5) is 5.82 Å². The van der Waals surface area contributed by atoms with E-state index < -0.39 is 5.91 Å². The summed E-state index contributed by atoms with van der Waals surface area (Å²) in [5.74, 6) is -0.0326. The summed E-state index contributed by atoms with van der Waals surface area (Å²) < 4.78 is 6.00. The molecule has 10 nitrogen and oxygen atoms in total. The van der Waals surface area contributed by atoms with Crippen LogP contribution in [0.3, 0.4) is 0 Å². The topological polar surface area (TPSA) is 137 Å². The number of hydrogen-bond acceptors (Lipinski definition) is 9. The Morgan fingerprint density at radius 2 is 1.97 bits per heavy atom. The molecule has 0 aliphatic heterocycles. The van der Waals surface area contributed by atoms with Crippen molar-refractivity contribution in [3.8, 4) is 5.82 Å². The predicted molar refractivity (Wildman–Crippen MR) is 131 cm³/mol. The van der Waals surface area contributed by atoms with Gasteiger partial charge in [-0.1, -0.05) is 53.2 Å². The van der Waals surface area contributed by atoms with Crippen molar-refractivity contribution >= 4 is 47.4 Å². The number of amides is 1. The highest BCUT2D eigenvalue weighted by Gasteiger charge is 2.24. The van der Waals surface area contributed by atoms with Gasteiger partial charge in [-0.15, -0.1) is 16.9 Å². The van der Waals surface area contributed by atoms with E-state index in [0.29, 0.717) is 16.5 Å². The van der Waals surface area contributed by atoms with E-state index in [1.165, 1.54) is 16.4 Å². The Balaban J connectivity index is 1.53. The Hall–Kier alpha value is -3.96. The summed E-state index contributed by atoms with van der Waals surface area (Å²) in [6.45, 7) is 1.88. The van der Waals surface area contributed by atoms with Crippen LogP contribution < -0.4 is 11.2 Å². The minimum atomic E-state index is -0.531. The number of rotatable bonds is 8. The van der Waals surface area contributed by atoms with Crippen LogP contribution in [0.2, 0.25) is 5.02 Å². The van der Waals surface area contributed by atoms with Crippen molar-refractivity contribution < 1.29 is 9.42 Å². The lowest BCUT2D eigenvalue weighted by Gasteiger charge is -2.06. The van der Waals surface area contributed by atoms with E-state index in [-0.39, 0.29) is 17.3 Å². The van der Waals surface area contributed by atoms with E-state index in [1.54, 1.807) is 18.3 Å². The van der Waals surface area contributed by atoms with Gasteiger partial charge in [-0.3, -0.25) is 4.79 Å². The van der Waals surface area contributed by atoms with Gasteiger partial charge in [-0.05, 0) is 52.6 Å². The maximum atomic E-state index is 12.9. The Labute approximate surface area is 203 Å². The molecule has 4 aromatic rings. The van der Waals surface area contributed by atoms with Gasteiger partial charge in [0.15, 0.2) is 5.69 Å². The molecule has 2 aromatic heterocycles. The molecule has 0 atom stereocenters. The van der Waals surface area contributed by atoms with Crippen LogP contribution in [-0.4, -0.2) is 37.4 Å². The number of nitrogens with one attached hydrogen (secondary N) is 1. The quantitative estimate of drug-likeness (QED) is 0.213. The second-order valence-electron chi connectivity index (χ2n) is 7.01. The van der Waals surface area contributed by atoms with Crippen molar-refractivity contribution in [2.45, 2.75) is 17.6 Å². The monoisotopic (exact) mass is 494 g/mol. The van der Waals surface area contributed by atoms with Gasteiger partial charge < -0.3 is 5.73 Å². The standard InChI is InChI=1S/C22H19ClN8O2S/c1-14(11-15-5-3-2-4-6-15)12-25-27-22(32)19-18(13-34-17-9-7-16(23)8-10-17)31(30-26-19)21-20(24)28-33-29-21/h2-12H,13H2,1H3,(H2,24,28)(H,27,32)/b14-11+,25-12-. The van der Waals surface area contributed by atoms with E-state index >= 15 is 0 Å². The van der Waals surface area contributed by atoms with E-state index in [2.05, 4.69) is 35.8 Å². The maximum absolute atomic E-state index is 12.9. The summed E-state index contributed by atoms with van der Waals surface area (Å²) >= 11 is 7.42. The van der Waals surface area contributed by atoms with Crippen molar-refractivity contribution in [3.05, 3.63) is 82.1 Å². The van der Waals surface area contributed by atoms with Gasteiger partial charge in [0.2, 0.25) is 11.6 Å². The number of benzene rings is 2. The number of nitrogens with two attached hydrogens (primary N) is 1. The molecule has 0 unspecified atom stereocenters. The van der Waals surface area contributed by atoms with Gasteiger partial charge in [-0.2, -0.15) is 9.78 Å². The maximum Gasteiger partial charge on any atom is 0.293 e. The molecule has 0 bridgehead atoms. The van der Waals surface area contributed by atoms with Gasteiger partial charge in [0.1, 0.15) is 0 Å². The number of anilines is 1.